The summed E-state index contributed by atoms with van der Waals surface area (Å²) >= 11 is 0.972. The normalized spacial score (nSPS) is 20.6. The summed E-state index contributed by atoms with van der Waals surface area (Å²) in [7, 11) is 2.14. The summed E-state index contributed by atoms with van der Waals surface area (Å²) in [5.41, 5.74) is 0.829. The van der Waals surface area contributed by atoms with Crippen LogP contribution in [-0.4, -0.2) is 81.6 Å². The van der Waals surface area contributed by atoms with Crippen molar-refractivity contribution in [3.63, 3.8) is 0 Å². The number of aromatic amines is 1. The zero-order chi connectivity index (χ0) is 39.4. The van der Waals surface area contributed by atoms with Crippen LogP contribution in [0.15, 0.2) is 89.7 Å². The summed E-state index contributed by atoms with van der Waals surface area (Å²) in [5.74, 6) is 1.65. The van der Waals surface area contributed by atoms with Crippen LogP contribution in [0.3, 0.4) is 0 Å². The highest BCUT2D eigenvalue weighted by Gasteiger charge is 2.54. The van der Waals surface area contributed by atoms with E-state index >= 15 is 0 Å². The Bertz CT molecular complexity index is 2180. The van der Waals surface area contributed by atoms with Gasteiger partial charge in [-0.1, -0.05) is 65.9 Å². The molecule has 0 spiro atoms. The molecule has 8 rings (SSSR count). The number of rotatable bonds is 13. The molecule has 13 nitrogen and oxygen atoms in total. The Hall–Kier alpha value is -5.25. The van der Waals surface area contributed by atoms with E-state index in [1.54, 1.807) is 42.5 Å². The fraction of sp³-hybridized carbons (Fsp3) is 0.357. The van der Waals surface area contributed by atoms with Gasteiger partial charge in [-0.3, -0.25) is 9.59 Å². The monoisotopic (exact) mass is 783 g/mol. The van der Waals surface area contributed by atoms with Crippen molar-refractivity contribution >= 4 is 34.0 Å². The molecule has 5 aromatic rings. The molecule has 2 aliphatic carbocycles. The van der Waals surface area contributed by atoms with Crippen molar-refractivity contribution in [2.24, 2.45) is 11.8 Å². The van der Waals surface area contributed by atoms with Gasteiger partial charge in [0.25, 0.3) is 6.47 Å². The lowest BCUT2D eigenvalue weighted by atomic mass is 9.83. The third kappa shape index (κ3) is 7.75. The highest BCUT2D eigenvalue weighted by Crippen LogP contribution is 2.51. The standard InChI is InChI=1S/C41H43N3O8S.CH2O2/c1-44(19-6-20-50-26-14-11-24(12-15-26)22-42-23-32(46)27-17-18-31(45)36-38(27)53-40(48)43-36)37-25-13-16-28(37)35(21-25)52-39(47)41(49)29-7-2-4-9-33(29)51-34-10-5-3-8-30(34)41;2-1-3/h2-5,7-12,14-15,17-18,25,28,32,35,37,42,45-46,49H,6,13,16,19-23H2,1H3,(H,43,48);1H,(H,2,3)/t25?,28?,32-,35?,37?;/m0./s1. The number of carboxylic acid groups (broad SMARTS) is 1. The van der Waals surface area contributed by atoms with Gasteiger partial charge in [0.1, 0.15) is 34.6 Å². The third-order valence-electron chi connectivity index (χ3n) is 11.1. The molecule has 4 unspecified atom stereocenters. The predicted octanol–water partition coefficient (Wildman–Crippen LogP) is 5.27. The van der Waals surface area contributed by atoms with Crippen LogP contribution < -0.4 is 19.7 Å². The molecule has 0 amide bonds. The molecular formula is C42H45N3O10S. The molecule has 0 radical (unpaired) electrons. The maximum absolute atomic E-state index is 13.9. The lowest BCUT2D eigenvalue weighted by Gasteiger charge is -2.35. The number of thiazole rings is 1. The molecule has 2 bridgehead atoms. The predicted molar refractivity (Wildman–Crippen MR) is 209 cm³/mol. The molecule has 1 aliphatic heterocycles. The molecule has 5 atom stereocenters. The number of hydrogen-bond donors (Lipinski definition) is 6. The summed E-state index contributed by atoms with van der Waals surface area (Å²) < 4.78 is 18.9. The van der Waals surface area contributed by atoms with Gasteiger partial charge in [-0.05, 0) is 74.5 Å². The number of phenols is 1. The Morgan fingerprint density at radius 3 is 2.43 bits per heavy atom. The zero-order valence-corrected chi connectivity index (χ0v) is 31.6. The van der Waals surface area contributed by atoms with Gasteiger partial charge in [0.15, 0.2) is 0 Å². The van der Waals surface area contributed by atoms with Gasteiger partial charge in [0.05, 0.1) is 17.4 Å². The summed E-state index contributed by atoms with van der Waals surface area (Å²) in [6, 6.07) is 25.5. The summed E-state index contributed by atoms with van der Waals surface area (Å²) in [5, 5.41) is 43.0. The van der Waals surface area contributed by atoms with Crippen LogP contribution >= 0.6 is 11.3 Å². The maximum atomic E-state index is 13.9. The van der Waals surface area contributed by atoms with Crippen LogP contribution in [0.1, 0.15) is 54.0 Å². The third-order valence-corrected chi connectivity index (χ3v) is 12.0. The van der Waals surface area contributed by atoms with Gasteiger partial charge in [-0.25, -0.2) is 4.79 Å². The molecular weight excluding hydrogens is 739 g/mol. The van der Waals surface area contributed by atoms with Crippen molar-refractivity contribution in [2.45, 2.75) is 56.1 Å². The van der Waals surface area contributed by atoms with Gasteiger partial charge >= 0.3 is 10.8 Å². The second-order valence-corrected chi connectivity index (χ2v) is 15.4. The number of carbonyl (C=O) groups is 2. The minimum atomic E-state index is -1.95. The van der Waals surface area contributed by atoms with Crippen LogP contribution in [0.5, 0.6) is 23.0 Å². The quantitative estimate of drug-likeness (QED) is 0.0516. The number of ether oxygens (including phenoxy) is 3. The molecule has 56 heavy (non-hydrogen) atoms. The fourth-order valence-electron chi connectivity index (χ4n) is 8.59. The van der Waals surface area contributed by atoms with E-state index in [1.807, 2.05) is 36.4 Å². The fourth-order valence-corrected chi connectivity index (χ4v) is 9.51. The Kier molecular flexibility index (Phi) is 11.7. The van der Waals surface area contributed by atoms with Crippen LogP contribution in [0.25, 0.3) is 10.2 Å². The number of H-pyrrole nitrogens is 1. The van der Waals surface area contributed by atoms with Crippen LogP contribution in [-0.2, 0) is 26.5 Å². The van der Waals surface area contributed by atoms with E-state index in [2.05, 4.69) is 22.2 Å². The van der Waals surface area contributed by atoms with Gasteiger partial charge in [0, 0.05) is 48.3 Å². The molecule has 294 valence electrons. The van der Waals surface area contributed by atoms with Crippen molar-refractivity contribution in [1.82, 2.24) is 15.2 Å². The van der Waals surface area contributed by atoms with E-state index in [9.17, 15) is 24.9 Å². The minimum absolute atomic E-state index is 0.0158. The first kappa shape index (κ1) is 39.0. The average Bonchev–Trinajstić information content (AvgIpc) is 3.90. The number of aliphatic hydroxyl groups is 2. The van der Waals surface area contributed by atoms with Crippen molar-refractivity contribution in [2.75, 3.05) is 26.7 Å². The maximum Gasteiger partial charge on any atom is 0.348 e. The number of aromatic hydroxyl groups is 1. The Morgan fingerprint density at radius 2 is 1.73 bits per heavy atom. The van der Waals surface area contributed by atoms with Crippen molar-refractivity contribution in [3.8, 4) is 23.0 Å². The van der Waals surface area contributed by atoms with Gasteiger partial charge < -0.3 is 49.8 Å². The van der Waals surface area contributed by atoms with E-state index < -0.39 is 17.7 Å². The van der Waals surface area contributed by atoms with E-state index in [0.29, 0.717) is 63.5 Å². The zero-order valence-electron chi connectivity index (χ0n) is 30.8. The number of esters is 1. The molecule has 2 heterocycles. The van der Waals surface area contributed by atoms with E-state index in [0.717, 1.165) is 54.9 Å². The summed E-state index contributed by atoms with van der Waals surface area (Å²) in [4.78, 5) is 38.8. The van der Waals surface area contributed by atoms with E-state index in [1.165, 1.54) is 6.07 Å². The molecule has 1 aromatic heterocycles. The first-order valence-electron chi connectivity index (χ1n) is 18.7. The number of para-hydroxylation sites is 2. The smallest absolute Gasteiger partial charge is 0.348 e. The highest BCUT2D eigenvalue weighted by molar-refractivity contribution is 7.16. The van der Waals surface area contributed by atoms with Gasteiger partial charge in [-0.2, -0.15) is 0 Å². The number of benzene rings is 4. The van der Waals surface area contributed by atoms with Crippen LogP contribution in [0.4, 0.5) is 0 Å². The Labute approximate surface area is 327 Å². The number of hydrogen-bond acceptors (Lipinski definition) is 12. The van der Waals surface area contributed by atoms with Gasteiger partial charge in [0.2, 0.25) is 5.60 Å². The molecule has 4 aromatic carbocycles. The van der Waals surface area contributed by atoms with Gasteiger partial charge in [-0.15, -0.1) is 0 Å². The second-order valence-electron chi connectivity index (χ2n) is 14.4. The molecule has 2 fully saturated rings. The average molecular weight is 784 g/mol. The van der Waals surface area contributed by atoms with Crippen LogP contribution in [0.2, 0.25) is 0 Å². The largest absolute Gasteiger partial charge is 0.506 e. The topological polar surface area (TPSA) is 191 Å². The first-order valence-corrected chi connectivity index (χ1v) is 19.5. The summed E-state index contributed by atoms with van der Waals surface area (Å²) in [6.07, 6.45) is 2.61. The summed E-state index contributed by atoms with van der Waals surface area (Å²) in [6.45, 7) is 1.98. The minimum Gasteiger partial charge on any atom is -0.506 e. The molecule has 14 heteroatoms. The Morgan fingerprint density at radius 1 is 1.05 bits per heavy atom. The van der Waals surface area contributed by atoms with Crippen molar-refractivity contribution < 1.29 is 44.2 Å². The molecule has 0 saturated heterocycles. The number of carbonyl (C=O) groups excluding carboxylic acids is 1. The van der Waals surface area contributed by atoms with Crippen LogP contribution in [0, 0.1) is 11.8 Å². The number of aromatic nitrogens is 1. The number of nitrogens with one attached hydrogen (secondary N) is 2. The van der Waals surface area contributed by atoms with E-state index in [-0.39, 0.29) is 35.7 Å². The second kappa shape index (κ2) is 16.9. The lowest BCUT2D eigenvalue weighted by Crippen LogP contribution is -2.44. The lowest BCUT2D eigenvalue weighted by molar-refractivity contribution is -0.171. The number of aliphatic hydroxyl groups excluding tert-OH is 1. The number of nitrogens with zero attached hydrogens (tertiary/aromatic N) is 1. The molecule has 2 saturated carbocycles. The number of fused-ring (bicyclic) bond motifs is 5. The van der Waals surface area contributed by atoms with E-state index in [4.69, 9.17) is 24.1 Å². The highest BCUT2D eigenvalue weighted by atomic mass is 32.1. The van der Waals surface area contributed by atoms with Crippen molar-refractivity contribution in [1.29, 1.82) is 0 Å². The number of phenolic OH excluding ortho intramolecular Hbond substituents is 1. The Balaban J connectivity index is 0.00000155. The SMILES string of the molecule is CN(CCCOc1ccc(CNC[C@H](O)c2ccc(O)c3[nH]c(=O)sc23)cc1)C1C2CCC1C(OC(=O)C1(O)c3ccccc3Oc3ccccc31)C2.O=CO. The molecule has 6 N–H and O–H groups in total. The first-order chi connectivity index (χ1) is 27.1. The molecule has 3 aliphatic rings. The van der Waals surface area contributed by atoms with Crippen molar-refractivity contribution in [3.05, 3.63) is 117 Å².